The highest BCUT2D eigenvalue weighted by molar-refractivity contribution is 5.82. The molecular weight excluding hydrogens is 492 g/mol. The highest BCUT2D eigenvalue weighted by Crippen LogP contribution is 2.72. The molecule has 11 atom stereocenters. The fourth-order valence-corrected chi connectivity index (χ4v) is 7.52. The summed E-state index contributed by atoms with van der Waals surface area (Å²) in [5, 5.41) is 10.9. The number of epoxide rings is 1. The number of cyclic esters (lactones) is 1. The van der Waals surface area contributed by atoms with E-state index in [1.807, 2.05) is 13.0 Å². The van der Waals surface area contributed by atoms with E-state index < -0.39 is 52.8 Å². The Labute approximate surface area is 223 Å². The number of carbonyl (C=O) groups excluding carboxylic acids is 2. The van der Waals surface area contributed by atoms with Gasteiger partial charge in [0.05, 0.1) is 30.3 Å². The average Bonchev–Trinajstić information content (AvgIpc) is 3.58. The molecule has 4 heterocycles. The largest absolute Gasteiger partial charge is 0.463 e. The monoisotopic (exact) mass is 530 g/mol. The first-order valence-corrected chi connectivity index (χ1v) is 13.8. The minimum absolute atomic E-state index is 0.0283. The van der Waals surface area contributed by atoms with Crippen molar-refractivity contribution in [3.05, 3.63) is 36.0 Å². The van der Waals surface area contributed by atoms with Crippen LogP contribution in [-0.4, -0.2) is 78.8 Å². The summed E-state index contributed by atoms with van der Waals surface area (Å²) in [6.07, 6.45) is 7.64. The third-order valence-corrected chi connectivity index (χ3v) is 10.1. The number of rotatable bonds is 0. The van der Waals surface area contributed by atoms with Gasteiger partial charge < -0.3 is 33.5 Å². The van der Waals surface area contributed by atoms with Gasteiger partial charge in [-0.15, -0.1) is 0 Å². The second-order valence-electron chi connectivity index (χ2n) is 12.1. The standard InChI is InChI=1S/C29H38O9/c1-16-9-10-28-14-33-26(32)25(31)17(2)12-24-35-18(3)19(36-24)7-5-6-8-23(30)38-20-13-22(37-21(28)11-16)29(15-34-29)27(20,28)4/h5-8,11,17-22,24-25,31H,9-10,12-15H2,1-4H3/b7-5-,8-6-/t17-,18?,19?,20-,21-,22-,24?,25+,27-,28-,29+/m1/s1. The van der Waals surface area contributed by atoms with Crippen molar-refractivity contribution in [2.45, 2.75) is 102 Å². The molecule has 4 aliphatic heterocycles. The van der Waals surface area contributed by atoms with E-state index in [1.54, 1.807) is 19.1 Å². The normalized spacial score (nSPS) is 52.2. The van der Waals surface area contributed by atoms with Gasteiger partial charge in [0.25, 0.3) is 0 Å². The Kier molecular flexibility index (Phi) is 6.39. The van der Waals surface area contributed by atoms with Crippen LogP contribution in [0, 0.1) is 16.7 Å². The van der Waals surface area contributed by atoms with Crippen molar-refractivity contribution < 1.29 is 43.1 Å². The number of aliphatic hydroxyl groups excluding tert-OH is 1. The number of aliphatic hydroxyl groups is 1. The van der Waals surface area contributed by atoms with Gasteiger partial charge in [-0.05, 0) is 32.6 Å². The Morgan fingerprint density at radius 2 is 1.82 bits per heavy atom. The topological polar surface area (TPSA) is 113 Å². The van der Waals surface area contributed by atoms with Crippen LogP contribution in [0.2, 0.25) is 0 Å². The molecular formula is C29H38O9. The SMILES string of the molecule is CC1=C[C@H]2O[C@@H]3C[C@H]4OC(=O)/C=C\C=C/C5OC(C[C@@H](C)[C@H](O)C(=O)OC[C@@]2(CC1)[C@]4(C)[C@]31CO1)OC5C. The van der Waals surface area contributed by atoms with Crippen LogP contribution in [0.3, 0.4) is 0 Å². The number of allylic oxidation sites excluding steroid dienone is 3. The smallest absolute Gasteiger partial charge is 0.335 e. The summed E-state index contributed by atoms with van der Waals surface area (Å²) < 4.78 is 36.6. The fourth-order valence-electron chi connectivity index (χ4n) is 7.52. The number of carbonyl (C=O) groups is 2. The van der Waals surface area contributed by atoms with Crippen molar-refractivity contribution in [1.29, 1.82) is 0 Å². The lowest BCUT2D eigenvalue weighted by molar-refractivity contribution is -0.234. The van der Waals surface area contributed by atoms with Crippen molar-refractivity contribution >= 4 is 11.9 Å². The minimum atomic E-state index is -1.34. The molecule has 0 aromatic rings. The van der Waals surface area contributed by atoms with Crippen molar-refractivity contribution in [2.75, 3.05) is 13.2 Å². The number of esters is 2. The van der Waals surface area contributed by atoms with E-state index >= 15 is 0 Å². The van der Waals surface area contributed by atoms with Gasteiger partial charge in [0.15, 0.2) is 12.4 Å². The lowest BCUT2D eigenvalue weighted by Gasteiger charge is -2.58. The molecule has 0 amide bonds. The van der Waals surface area contributed by atoms with Gasteiger partial charge in [0, 0.05) is 24.3 Å². The third kappa shape index (κ3) is 3.84. The highest BCUT2D eigenvalue weighted by Gasteiger charge is 2.83. The van der Waals surface area contributed by atoms with Crippen LogP contribution >= 0.6 is 0 Å². The lowest BCUT2D eigenvalue weighted by Crippen LogP contribution is -2.67. The summed E-state index contributed by atoms with van der Waals surface area (Å²) in [6.45, 7) is 8.40. The number of hydrogen-bond donors (Lipinski definition) is 1. The van der Waals surface area contributed by atoms with E-state index in [9.17, 15) is 14.7 Å². The first-order chi connectivity index (χ1) is 18.1. The molecule has 0 aromatic carbocycles. The van der Waals surface area contributed by atoms with Gasteiger partial charge in [-0.25, -0.2) is 9.59 Å². The fraction of sp³-hybridized carbons (Fsp3) is 0.724. The summed E-state index contributed by atoms with van der Waals surface area (Å²) in [6, 6.07) is 0. The zero-order valence-corrected chi connectivity index (χ0v) is 22.5. The summed E-state index contributed by atoms with van der Waals surface area (Å²) in [7, 11) is 0. The van der Waals surface area contributed by atoms with Crippen molar-refractivity contribution in [3.63, 3.8) is 0 Å². The van der Waals surface area contributed by atoms with Gasteiger partial charge in [-0.3, -0.25) is 0 Å². The van der Waals surface area contributed by atoms with Crippen LogP contribution in [0.4, 0.5) is 0 Å². The Hall–Kier alpha value is -2.04. The van der Waals surface area contributed by atoms with Crippen molar-refractivity contribution in [1.82, 2.24) is 0 Å². The third-order valence-electron chi connectivity index (χ3n) is 10.1. The Balaban J connectivity index is 1.36. The molecule has 1 saturated carbocycles. The molecule has 3 unspecified atom stereocenters. The Bertz CT molecular complexity index is 1080. The second-order valence-corrected chi connectivity index (χ2v) is 12.1. The summed E-state index contributed by atoms with van der Waals surface area (Å²) >= 11 is 0. The van der Waals surface area contributed by atoms with Gasteiger partial charge in [0.2, 0.25) is 0 Å². The lowest BCUT2D eigenvalue weighted by atomic mass is 9.51. The average molecular weight is 531 g/mol. The number of ether oxygens (including phenoxy) is 6. The number of fused-ring (bicyclic) bond motifs is 2. The van der Waals surface area contributed by atoms with E-state index in [4.69, 9.17) is 28.4 Å². The summed E-state index contributed by atoms with van der Waals surface area (Å²) in [4.78, 5) is 26.2. The molecule has 0 radical (unpaired) electrons. The zero-order valence-electron chi connectivity index (χ0n) is 22.5. The van der Waals surface area contributed by atoms with Crippen LogP contribution in [0.5, 0.6) is 0 Å². The van der Waals surface area contributed by atoms with E-state index in [1.165, 1.54) is 11.6 Å². The van der Waals surface area contributed by atoms with Crippen molar-refractivity contribution in [2.24, 2.45) is 16.7 Å². The molecule has 4 bridgehead atoms. The Morgan fingerprint density at radius 3 is 2.58 bits per heavy atom. The molecule has 4 fully saturated rings. The van der Waals surface area contributed by atoms with Gasteiger partial charge in [-0.1, -0.05) is 43.7 Å². The maximum absolute atomic E-state index is 13.2. The maximum atomic E-state index is 13.2. The quantitative estimate of drug-likeness (QED) is 0.287. The predicted octanol–water partition coefficient (Wildman–Crippen LogP) is 2.76. The predicted molar refractivity (Wildman–Crippen MR) is 134 cm³/mol. The van der Waals surface area contributed by atoms with E-state index in [0.29, 0.717) is 25.9 Å². The van der Waals surface area contributed by atoms with Crippen LogP contribution in [0.15, 0.2) is 36.0 Å². The van der Waals surface area contributed by atoms with Crippen LogP contribution < -0.4 is 0 Å². The molecule has 9 heteroatoms. The molecule has 1 N–H and O–H groups in total. The summed E-state index contributed by atoms with van der Waals surface area (Å²) in [5.74, 6) is -1.58. The van der Waals surface area contributed by atoms with Gasteiger partial charge in [-0.2, -0.15) is 0 Å². The molecule has 208 valence electrons. The molecule has 2 aliphatic carbocycles. The maximum Gasteiger partial charge on any atom is 0.335 e. The van der Waals surface area contributed by atoms with E-state index in [2.05, 4.69) is 19.9 Å². The van der Waals surface area contributed by atoms with Gasteiger partial charge in [0.1, 0.15) is 24.4 Å². The zero-order chi connectivity index (χ0) is 26.9. The van der Waals surface area contributed by atoms with Crippen LogP contribution in [0.25, 0.3) is 0 Å². The van der Waals surface area contributed by atoms with E-state index in [-0.39, 0.29) is 31.0 Å². The molecule has 6 rings (SSSR count). The number of hydrogen-bond acceptors (Lipinski definition) is 9. The van der Waals surface area contributed by atoms with Crippen LogP contribution in [0.1, 0.15) is 53.4 Å². The van der Waals surface area contributed by atoms with Crippen molar-refractivity contribution in [3.8, 4) is 0 Å². The summed E-state index contributed by atoms with van der Waals surface area (Å²) in [5.41, 5.74) is -0.721. The highest BCUT2D eigenvalue weighted by atomic mass is 16.7. The minimum Gasteiger partial charge on any atom is -0.463 e. The first kappa shape index (κ1) is 26.2. The first-order valence-electron chi connectivity index (χ1n) is 13.8. The molecule has 0 aromatic heterocycles. The molecule has 2 spiro atoms. The molecule has 6 aliphatic rings. The Morgan fingerprint density at radius 1 is 1.03 bits per heavy atom. The second kappa shape index (κ2) is 9.27. The van der Waals surface area contributed by atoms with Crippen LogP contribution in [-0.2, 0) is 38.0 Å². The van der Waals surface area contributed by atoms with E-state index in [0.717, 1.165) is 6.42 Å². The molecule has 38 heavy (non-hydrogen) atoms. The van der Waals surface area contributed by atoms with Gasteiger partial charge >= 0.3 is 11.9 Å². The molecule has 9 nitrogen and oxygen atoms in total. The molecule has 3 saturated heterocycles.